The summed E-state index contributed by atoms with van der Waals surface area (Å²) in [5.74, 6) is -2.57. The van der Waals surface area contributed by atoms with E-state index in [1.807, 2.05) is 66.7 Å². The molecule has 1 aliphatic heterocycles. The number of carbonyl (C=O) groups is 3. The van der Waals surface area contributed by atoms with Crippen LogP contribution in [-0.2, 0) is 30.5 Å². The Balaban J connectivity index is 1.49. The van der Waals surface area contributed by atoms with Crippen LogP contribution in [-0.4, -0.2) is 28.6 Å². The summed E-state index contributed by atoms with van der Waals surface area (Å²) < 4.78 is 11.5. The number of carbonyl (C=O) groups excluding carboxylic acids is 3. The molecule has 0 saturated carbocycles. The third kappa shape index (κ3) is 4.69. The number of hydroxylamine groups is 2. The van der Waals surface area contributed by atoms with Crippen molar-refractivity contribution in [3.63, 3.8) is 0 Å². The Morgan fingerprint density at radius 1 is 0.750 bits per heavy atom. The Morgan fingerprint density at radius 2 is 1.23 bits per heavy atom. The lowest BCUT2D eigenvalue weighted by Crippen LogP contribution is -2.87. The normalized spacial score (nSPS) is 20.0. The summed E-state index contributed by atoms with van der Waals surface area (Å²) in [5.41, 5.74) is 4.30. The van der Waals surface area contributed by atoms with Gasteiger partial charge in [0.05, 0.1) is 0 Å². The van der Waals surface area contributed by atoms with Crippen molar-refractivity contribution in [1.29, 1.82) is 0 Å². The number of nitrogens with zero attached hydrogens (tertiary/aromatic N) is 1. The van der Waals surface area contributed by atoms with E-state index in [1.165, 1.54) is 6.92 Å². The minimum atomic E-state index is -2.34. The first-order valence-electron chi connectivity index (χ1n) is 12.7. The minimum Gasteiger partial charge on any atom is -0.460 e. The first-order valence-corrected chi connectivity index (χ1v) is 12.7. The van der Waals surface area contributed by atoms with E-state index >= 15 is 0 Å². The molecule has 1 fully saturated rings. The van der Waals surface area contributed by atoms with Crippen LogP contribution in [0.2, 0.25) is 0 Å². The van der Waals surface area contributed by atoms with Gasteiger partial charge in [0.15, 0.2) is 17.3 Å². The molecule has 0 aliphatic carbocycles. The van der Waals surface area contributed by atoms with Crippen molar-refractivity contribution >= 4 is 17.8 Å². The van der Waals surface area contributed by atoms with Gasteiger partial charge in [-0.3, -0.25) is 15.3 Å². The highest BCUT2D eigenvalue weighted by molar-refractivity contribution is 6.15. The molecule has 8 heteroatoms. The number of hydrogen-bond donors (Lipinski definition) is 1. The zero-order valence-corrected chi connectivity index (χ0v) is 21.8. The second-order valence-electron chi connectivity index (χ2n) is 9.56. The van der Waals surface area contributed by atoms with E-state index in [-0.39, 0.29) is 12.4 Å². The lowest BCUT2D eigenvalue weighted by Gasteiger charge is -2.55. The summed E-state index contributed by atoms with van der Waals surface area (Å²) in [6.07, 6.45) is -0.866. The SMILES string of the molecule is CC1(C(=O)OCc2ccccc2)C(=O)N(Oc2ccccc2)C1(N)C(=O)OC(c1ccccc1)c1ccccc1. The minimum absolute atomic E-state index is 0.107. The number of esters is 2. The smallest absolute Gasteiger partial charge is 0.353 e. The van der Waals surface area contributed by atoms with Gasteiger partial charge < -0.3 is 14.3 Å². The summed E-state index contributed by atoms with van der Waals surface area (Å²) in [5, 5.41) is 0.696. The quantitative estimate of drug-likeness (QED) is 0.190. The van der Waals surface area contributed by atoms with Gasteiger partial charge in [-0.05, 0) is 35.7 Å². The van der Waals surface area contributed by atoms with Crippen molar-refractivity contribution in [3.05, 3.63) is 138 Å². The van der Waals surface area contributed by atoms with Crippen LogP contribution in [0.25, 0.3) is 0 Å². The average Bonchev–Trinajstić information content (AvgIpc) is 3.02. The van der Waals surface area contributed by atoms with E-state index in [0.29, 0.717) is 21.8 Å². The molecule has 5 rings (SSSR count). The zero-order chi connectivity index (χ0) is 28.2. The summed E-state index contributed by atoms with van der Waals surface area (Å²) in [4.78, 5) is 46.7. The van der Waals surface area contributed by atoms with Gasteiger partial charge in [-0.15, -0.1) is 5.06 Å². The van der Waals surface area contributed by atoms with Crippen LogP contribution in [0.1, 0.15) is 29.7 Å². The van der Waals surface area contributed by atoms with E-state index in [0.717, 1.165) is 0 Å². The van der Waals surface area contributed by atoms with Crippen molar-refractivity contribution in [1.82, 2.24) is 5.06 Å². The van der Waals surface area contributed by atoms with E-state index < -0.39 is 35.0 Å². The van der Waals surface area contributed by atoms with Crippen molar-refractivity contribution < 1.29 is 28.7 Å². The third-order valence-electron chi connectivity index (χ3n) is 7.00. The molecule has 1 amide bonds. The van der Waals surface area contributed by atoms with Crippen LogP contribution in [0.4, 0.5) is 0 Å². The molecule has 2 N–H and O–H groups in total. The zero-order valence-electron chi connectivity index (χ0n) is 21.8. The Bertz CT molecular complexity index is 1430. The van der Waals surface area contributed by atoms with Crippen molar-refractivity contribution in [2.24, 2.45) is 11.1 Å². The molecule has 8 nitrogen and oxygen atoms in total. The Kier molecular flexibility index (Phi) is 7.35. The highest BCUT2D eigenvalue weighted by Gasteiger charge is 2.79. The highest BCUT2D eigenvalue weighted by atomic mass is 16.7. The molecule has 1 saturated heterocycles. The van der Waals surface area contributed by atoms with Gasteiger partial charge in [0, 0.05) is 0 Å². The molecule has 2 atom stereocenters. The summed E-state index contributed by atoms with van der Waals surface area (Å²) >= 11 is 0. The van der Waals surface area contributed by atoms with Crippen LogP contribution < -0.4 is 10.6 Å². The molecule has 0 spiro atoms. The Morgan fingerprint density at radius 3 is 1.75 bits per heavy atom. The molecule has 0 aromatic heterocycles. The molecular formula is C32H28N2O6. The number of rotatable bonds is 9. The number of ether oxygens (including phenoxy) is 2. The van der Waals surface area contributed by atoms with Crippen molar-refractivity contribution in [2.45, 2.75) is 25.3 Å². The molecule has 202 valence electrons. The maximum Gasteiger partial charge on any atom is 0.353 e. The van der Waals surface area contributed by atoms with Gasteiger partial charge >= 0.3 is 11.9 Å². The largest absolute Gasteiger partial charge is 0.460 e. The topological polar surface area (TPSA) is 108 Å². The van der Waals surface area contributed by atoms with Gasteiger partial charge in [0.1, 0.15) is 6.61 Å². The lowest BCUT2D eigenvalue weighted by molar-refractivity contribution is -0.265. The number of hydrogen-bond acceptors (Lipinski definition) is 7. The summed E-state index contributed by atoms with van der Waals surface area (Å²) in [6.45, 7) is 1.17. The average molecular weight is 537 g/mol. The van der Waals surface area contributed by atoms with Gasteiger partial charge in [-0.2, -0.15) is 0 Å². The highest BCUT2D eigenvalue weighted by Crippen LogP contribution is 2.48. The van der Waals surface area contributed by atoms with Gasteiger partial charge in [0.2, 0.25) is 0 Å². The molecule has 4 aromatic rings. The van der Waals surface area contributed by atoms with Crippen LogP contribution >= 0.6 is 0 Å². The number of nitrogens with two attached hydrogens (primary N) is 1. The fraction of sp³-hybridized carbons (Fsp3) is 0.156. The maximum atomic E-state index is 14.0. The van der Waals surface area contributed by atoms with E-state index in [2.05, 4.69) is 0 Å². The number of amides is 1. The van der Waals surface area contributed by atoms with Gasteiger partial charge in [-0.1, -0.05) is 109 Å². The second-order valence-corrected chi connectivity index (χ2v) is 9.56. The molecule has 40 heavy (non-hydrogen) atoms. The van der Waals surface area contributed by atoms with Crippen LogP contribution in [0.5, 0.6) is 5.75 Å². The van der Waals surface area contributed by atoms with Crippen LogP contribution in [0.3, 0.4) is 0 Å². The number of benzene rings is 4. The molecule has 1 aliphatic rings. The molecule has 2 unspecified atom stereocenters. The first-order chi connectivity index (χ1) is 19.4. The van der Waals surface area contributed by atoms with Crippen LogP contribution in [0.15, 0.2) is 121 Å². The fourth-order valence-corrected chi connectivity index (χ4v) is 4.56. The van der Waals surface area contributed by atoms with E-state index in [4.69, 9.17) is 20.0 Å². The molecular weight excluding hydrogens is 508 g/mol. The number of β-lactam (4-membered cyclic amide) rings is 1. The van der Waals surface area contributed by atoms with Crippen LogP contribution in [0, 0.1) is 5.41 Å². The molecule has 0 radical (unpaired) electrons. The molecule has 4 aromatic carbocycles. The summed E-state index contributed by atoms with van der Waals surface area (Å²) in [7, 11) is 0. The fourth-order valence-electron chi connectivity index (χ4n) is 4.56. The maximum absolute atomic E-state index is 14.0. The van der Waals surface area contributed by atoms with Gasteiger partial charge in [-0.25, -0.2) is 4.79 Å². The summed E-state index contributed by atoms with van der Waals surface area (Å²) in [6, 6.07) is 35.5. The first kappa shape index (κ1) is 26.6. The molecule has 0 bridgehead atoms. The predicted octanol–water partition coefficient (Wildman–Crippen LogP) is 4.56. The standard InChI is InChI=1S/C32H28N2O6/c1-31(29(36)38-22-23-14-6-2-7-15-23)28(35)34(40-26-20-12-5-13-21-26)32(31,33)30(37)39-27(24-16-8-3-9-17-24)25-18-10-4-11-19-25/h2-21,27H,22,33H2,1H3. The third-order valence-corrected chi connectivity index (χ3v) is 7.00. The van der Waals surface area contributed by atoms with Crippen molar-refractivity contribution in [3.8, 4) is 5.75 Å². The Hall–Kier alpha value is -4.95. The van der Waals surface area contributed by atoms with E-state index in [1.54, 1.807) is 54.6 Å². The Labute approximate surface area is 231 Å². The van der Waals surface area contributed by atoms with Gasteiger partial charge in [0.25, 0.3) is 11.6 Å². The monoisotopic (exact) mass is 536 g/mol. The molecule has 1 heterocycles. The lowest BCUT2D eigenvalue weighted by atomic mass is 9.68. The van der Waals surface area contributed by atoms with Crippen molar-refractivity contribution in [2.75, 3.05) is 0 Å². The number of para-hydroxylation sites is 1. The second kappa shape index (κ2) is 11.0. The predicted molar refractivity (Wildman–Crippen MR) is 146 cm³/mol. The van der Waals surface area contributed by atoms with E-state index in [9.17, 15) is 14.4 Å².